The predicted molar refractivity (Wildman–Crippen MR) is 251 cm³/mol. The van der Waals surface area contributed by atoms with Crippen LogP contribution < -0.4 is 0 Å². The van der Waals surface area contributed by atoms with E-state index in [1.807, 2.05) is 0 Å². The number of carbonyl (C=O) groups excluding carboxylic acids is 3. The molecular formula is C53H84O6. The van der Waals surface area contributed by atoms with Crippen molar-refractivity contribution in [2.24, 2.45) is 0 Å². The van der Waals surface area contributed by atoms with Gasteiger partial charge in [-0.1, -0.05) is 169 Å². The van der Waals surface area contributed by atoms with Gasteiger partial charge in [-0.3, -0.25) is 14.4 Å². The lowest BCUT2D eigenvalue weighted by molar-refractivity contribution is -0.167. The Kier molecular flexibility index (Phi) is 43.6. The van der Waals surface area contributed by atoms with Crippen molar-refractivity contribution in [2.75, 3.05) is 13.2 Å². The Morgan fingerprint density at radius 1 is 0.356 bits per heavy atom. The van der Waals surface area contributed by atoms with Crippen molar-refractivity contribution in [1.82, 2.24) is 0 Å². The number of hydrogen-bond acceptors (Lipinski definition) is 6. The number of carbonyl (C=O) groups is 3. The third-order valence-electron chi connectivity index (χ3n) is 9.24. The van der Waals surface area contributed by atoms with Crippen LogP contribution in [-0.4, -0.2) is 37.2 Å². The number of esters is 3. The van der Waals surface area contributed by atoms with E-state index in [-0.39, 0.29) is 37.5 Å². The van der Waals surface area contributed by atoms with Gasteiger partial charge in [-0.15, -0.1) is 0 Å². The molecule has 6 heteroatoms. The first-order valence-corrected chi connectivity index (χ1v) is 23.4. The SMILES string of the molecule is CC/C=C\C/C=C\C/C=C\C/C=C\C/C=C\CCCCCC(=O)OCC(COC(=O)CCCCCCC/C=C\CCCC)OC(=O)CCC/C=C\C/C=C\C/C=C\CC. The molecular weight excluding hydrogens is 733 g/mol. The molecule has 0 N–H and O–H groups in total. The summed E-state index contributed by atoms with van der Waals surface area (Å²) < 4.78 is 16.6. The summed E-state index contributed by atoms with van der Waals surface area (Å²) in [6.45, 7) is 6.25. The fourth-order valence-electron chi connectivity index (χ4n) is 5.76. The number of hydrogen-bond donors (Lipinski definition) is 0. The molecule has 0 saturated heterocycles. The van der Waals surface area contributed by atoms with Gasteiger partial charge in [-0.05, 0) is 109 Å². The van der Waals surface area contributed by atoms with E-state index in [1.54, 1.807) is 0 Å². The molecule has 0 heterocycles. The third-order valence-corrected chi connectivity index (χ3v) is 9.24. The first-order valence-electron chi connectivity index (χ1n) is 23.4. The van der Waals surface area contributed by atoms with Gasteiger partial charge in [0.1, 0.15) is 13.2 Å². The fourth-order valence-corrected chi connectivity index (χ4v) is 5.76. The van der Waals surface area contributed by atoms with Crippen LogP contribution in [0.1, 0.15) is 188 Å². The minimum atomic E-state index is -0.821. The fraction of sp³-hybridized carbons (Fsp3) is 0.604. The van der Waals surface area contributed by atoms with Crippen LogP contribution in [0.4, 0.5) is 0 Å². The van der Waals surface area contributed by atoms with Gasteiger partial charge in [-0.2, -0.15) is 0 Å². The maximum atomic E-state index is 12.7. The van der Waals surface area contributed by atoms with Gasteiger partial charge < -0.3 is 14.2 Å². The summed E-state index contributed by atoms with van der Waals surface area (Å²) in [5.74, 6) is -1.03. The van der Waals surface area contributed by atoms with E-state index < -0.39 is 6.10 Å². The normalized spacial score (nSPS) is 13.1. The highest BCUT2D eigenvalue weighted by Gasteiger charge is 2.19. The summed E-state index contributed by atoms with van der Waals surface area (Å²) in [5.41, 5.74) is 0. The third kappa shape index (κ3) is 45.0. The van der Waals surface area contributed by atoms with E-state index in [2.05, 4.69) is 130 Å². The molecule has 0 rings (SSSR count). The highest BCUT2D eigenvalue weighted by Crippen LogP contribution is 2.11. The Morgan fingerprint density at radius 3 is 1.12 bits per heavy atom. The molecule has 0 aliphatic heterocycles. The summed E-state index contributed by atoms with van der Waals surface area (Å²) in [6.07, 6.45) is 62.3. The van der Waals surface area contributed by atoms with Crippen molar-refractivity contribution >= 4 is 17.9 Å². The topological polar surface area (TPSA) is 78.9 Å². The summed E-state index contributed by atoms with van der Waals surface area (Å²) in [7, 11) is 0. The van der Waals surface area contributed by atoms with Gasteiger partial charge in [-0.25, -0.2) is 0 Å². The molecule has 0 spiro atoms. The first-order chi connectivity index (χ1) is 29.0. The Bertz CT molecular complexity index is 1260. The molecule has 0 aromatic carbocycles. The second-order valence-corrected chi connectivity index (χ2v) is 14.9. The average Bonchev–Trinajstić information content (AvgIpc) is 3.23. The Hall–Kier alpha value is -3.93. The molecule has 0 aliphatic rings. The number of allylic oxidation sites excluding steroid dienone is 18. The maximum Gasteiger partial charge on any atom is 0.306 e. The second kappa shape index (κ2) is 46.8. The van der Waals surface area contributed by atoms with Gasteiger partial charge in [0.25, 0.3) is 0 Å². The van der Waals surface area contributed by atoms with E-state index in [4.69, 9.17) is 14.2 Å². The zero-order chi connectivity index (χ0) is 43.0. The van der Waals surface area contributed by atoms with Gasteiger partial charge in [0.2, 0.25) is 0 Å². The van der Waals surface area contributed by atoms with E-state index in [0.717, 1.165) is 116 Å². The van der Waals surface area contributed by atoms with E-state index in [1.165, 1.54) is 25.7 Å². The standard InChI is InChI=1S/C53H84O6/c1-4-7-10-13-16-19-22-23-24-25-26-27-28-29-32-34-37-40-43-46-52(55)58-49-50(59-53(56)47-44-41-38-35-31-21-18-15-12-9-6-3)48-57-51(54)45-42-39-36-33-30-20-17-14-11-8-5-2/h7,9-10,12,14,16-19,21,23-24,26-27,29,32,35,38,50H,4-6,8,11,13,15,20,22,25,28,30-31,33-34,36-37,39-49H2,1-3H3/b10-7-,12-9-,17-14-,19-16-,21-18-,24-23-,27-26-,32-29-,38-35-. The average molecular weight is 817 g/mol. The first kappa shape index (κ1) is 55.1. The Morgan fingerprint density at radius 2 is 0.678 bits per heavy atom. The van der Waals surface area contributed by atoms with Crippen LogP contribution in [0.15, 0.2) is 109 Å². The molecule has 0 aromatic rings. The molecule has 0 aliphatic carbocycles. The summed E-state index contributed by atoms with van der Waals surface area (Å²) >= 11 is 0. The minimum absolute atomic E-state index is 0.116. The van der Waals surface area contributed by atoms with Crippen LogP contribution >= 0.6 is 0 Å². The highest BCUT2D eigenvalue weighted by atomic mass is 16.6. The van der Waals surface area contributed by atoms with Gasteiger partial charge in [0.15, 0.2) is 6.10 Å². The summed E-state index contributed by atoms with van der Waals surface area (Å²) in [4.78, 5) is 37.7. The number of unbranched alkanes of at least 4 members (excludes halogenated alkanes) is 11. The molecule has 6 nitrogen and oxygen atoms in total. The number of ether oxygens (including phenoxy) is 3. The van der Waals surface area contributed by atoms with Crippen molar-refractivity contribution in [1.29, 1.82) is 0 Å². The van der Waals surface area contributed by atoms with Crippen molar-refractivity contribution in [3.8, 4) is 0 Å². The smallest absolute Gasteiger partial charge is 0.306 e. The zero-order valence-electron chi connectivity index (χ0n) is 37.7. The Balaban J connectivity index is 4.49. The van der Waals surface area contributed by atoms with Crippen LogP contribution in [0, 0.1) is 0 Å². The van der Waals surface area contributed by atoms with Crippen molar-refractivity contribution < 1.29 is 28.6 Å². The quantitative estimate of drug-likeness (QED) is 0.0265. The number of rotatable bonds is 40. The lowest BCUT2D eigenvalue weighted by Gasteiger charge is -2.18. The Labute approximate surface area is 361 Å². The molecule has 0 aromatic heterocycles. The lowest BCUT2D eigenvalue weighted by atomic mass is 10.1. The lowest BCUT2D eigenvalue weighted by Crippen LogP contribution is -2.30. The van der Waals surface area contributed by atoms with Crippen molar-refractivity contribution in [2.45, 2.75) is 194 Å². The minimum Gasteiger partial charge on any atom is -0.462 e. The van der Waals surface area contributed by atoms with Crippen LogP contribution in [0.5, 0.6) is 0 Å². The monoisotopic (exact) mass is 817 g/mol. The van der Waals surface area contributed by atoms with Gasteiger partial charge >= 0.3 is 17.9 Å². The summed E-state index contributed by atoms with van der Waals surface area (Å²) in [5, 5.41) is 0. The highest BCUT2D eigenvalue weighted by molar-refractivity contribution is 5.71. The summed E-state index contributed by atoms with van der Waals surface area (Å²) in [6, 6.07) is 0. The van der Waals surface area contributed by atoms with Crippen molar-refractivity contribution in [3.63, 3.8) is 0 Å². The molecule has 332 valence electrons. The molecule has 0 fully saturated rings. The molecule has 1 atom stereocenters. The van der Waals surface area contributed by atoms with Crippen LogP contribution in [-0.2, 0) is 28.6 Å². The van der Waals surface area contributed by atoms with E-state index >= 15 is 0 Å². The van der Waals surface area contributed by atoms with Crippen molar-refractivity contribution in [3.05, 3.63) is 109 Å². The predicted octanol–water partition coefficient (Wildman–Crippen LogP) is 15.2. The zero-order valence-corrected chi connectivity index (χ0v) is 37.7. The molecule has 0 bridgehead atoms. The second-order valence-electron chi connectivity index (χ2n) is 14.9. The van der Waals surface area contributed by atoms with Gasteiger partial charge in [0.05, 0.1) is 0 Å². The molecule has 0 radical (unpaired) electrons. The molecule has 0 saturated carbocycles. The van der Waals surface area contributed by atoms with E-state index in [9.17, 15) is 14.4 Å². The molecule has 59 heavy (non-hydrogen) atoms. The molecule has 1 unspecified atom stereocenters. The maximum absolute atomic E-state index is 12.7. The van der Waals surface area contributed by atoms with Crippen LogP contribution in [0.25, 0.3) is 0 Å². The van der Waals surface area contributed by atoms with Crippen LogP contribution in [0.2, 0.25) is 0 Å². The van der Waals surface area contributed by atoms with E-state index in [0.29, 0.717) is 19.3 Å². The molecule has 0 amide bonds. The van der Waals surface area contributed by atoms with Gasteiger partial charge in [0, 0.05) is 19.3 Å². The largest absolute Gasteiger partial charge is 0.462 e. The van der Waals surface area contributed by atoms with Crippen LogP contribution in [0.3, 0.4) is 0 Å².